The van der Waals surface area contributed by atoms with E-state index in [4.69, 9.17) is 0 Å². The molecule has 0 heterocycles. The molecule has 0 saturated heterocycles. The molecule has 1 fully saturated rings. The zero-order valence-electron chi connectivity index (χ0n) is 9.02. The first-order valence-corrected chi connectivity index (χ1v) is 7.70. The SMILES string of the molecule is O=C(CS(=O)(=O)c1ccccc1Br)NC1CC1. The van der Waals surface area contributed by atoms with E-state index in [1.54, 1.807) is 18.2 Å². The molecule has 1 aromatic carbocycles. The van der Waals surface area contributed by atoms with Gasteiger partial charge in [-0.15, -0.1) is 0 Å². The lowest BCUT2D eigenvalue weighted by molar-refractivity contribution is -0.118. The van der Waals surface area contributed by atoms with Gasteiger partial charge in [0.1, 0.15) is 5.75 Å². The van der Waals surface area contributed by atoms with Crippen molar-refractivity contribution in [2.24, 2.45) is 0 Å². The van der Waals surface area contributed by atoms with E-state index >= 15 is 0 Å². The van der Waals surface area contributed by atoms with E-state index in [1.165, 1.54) is 6.07 Å². The third-order valence-corrected chi connectivity index (χ3v) is 5.06. The molecule has 1 aliphatic rings. The molecule has 0 bridgehead atoms. The number of amides is 1. The average Bonchev–Trinajstić information content (AvgIpc) is 3.00. The molecule has 92 valence electrons. The van der Waals surface area contributed by atoms with Crippen molar-refractivity contribution in [3.8, 4) is 0 Å². The first-order chi connectivity index (χ1) is 7.99. The van der Waals surface area contributed by atoms with Crippen LogP contribution in [0.5, 0.6) is 0 Å². The van der Waals surface area contributed by atoms with Gasteiger partial charge in [-0.3, -0.25) is 4.79 Å². The van der Waals surface area contributed by atoms with Crippen LogP contribution in [0.15, 0.2) is 33.6 Å². The number of nitrogens with one attached hydrogen (secondary N) is 1. The van der Waals surface area contributed by atoms with E-state index in [0.717, 1.165) is 12.8 Å². The summed E-state index contributed by atoms with van der Waals surface area (Å²) < 4.78 is 24.4. The van der Waals surface area contributed by atoms with Gasteiger partial charge in [0.15, 0.2) is 9.84 Å². The molecule has 1 saturated carbocycles. The summed E-state index contributed by atoms with van der Waals surface area (Å²) in [5, 5.41) is 2.67. The van der Waals surface area contributed by atoms with Gasteiger partial charge in [0.2, 0.25) is 5.91 Å². The van der Waals surface area contributed by atoms with Crippen LogP contribution >= 0.6 is 15.9 Å². The summed E-state index contributed by atoms with van der Waals surface area (Å²) in [6.07, 6.45) is 1.89. The van der Waals surface area contributed by atoms with Crippen LogP contribution in [-0.2, 0) is 14.6 Å². The zero-order chi connectivity index (χ0) is 12.5. The molecular formula is C11H12BrNO3S. The van der Waals surface area contributed by atoms with Crippen LogP contribution in [-0.4, -0.2) is 26.1 Å². The first kappa shape index (κ1) is 12.6. The Hall–Kier alpha value is -0.880. The summed E-state index contributed by atoms with van der Waals surface area (Å²) in [6.45, 7) is 0. The Morgan fingerprint density at radius 2 is 2.00 bits per heavy atom. The highest BCUT2D eigenvalue weighted by Crippen LogP contribution is 2.23. The Labute approximate surface area is 108 Å². The minimum atomic E-state index is -3.57. The molecule has 0 unspecified atom stereocenters. The van der Waals surface area contributed by atoms with Crippen molar-refractivity contribution in [1.29, 1.82) is 0 Å². The Bertz CT molecular complexity index is 537. The van der Waals surface area contributed by atoms with Crippen molar-refractivity contribution in [2.75, 3.05) is 5.75 Å². The van der Waals surface area contributed by atoms with Crippen LogP contribution in [0.4, 0.5) is 0 Å². The molecule has 1 N–H and O–H groups in total. The van der Waals surface area contributed by atoms with Crippen molar-refractivity contribution >= 4 is 31.7 Å². The Balaban J connectivity index is 2.13. The maximum atomic E-state index is 12.0. The van der Waals surface area contributed by atoms with Crippen molar-refractivity contribution in [2.45, 2.75) is 23.8 Å². The maximum Gasteiger partial charge on any atom is 0.235 e. The van der Waals surface area contributed by atoms with Gasteiger partial charge < -0.3 is 5.32 Å². The fourth-order valence-electron chi connectivity index (χ4n) is 1.44. The van der Waals surface area contributed by atoms with Crippen LogP contribution in [0.1, 0.15) is 12.8 Å². The summed E-state index contributed by atoms with van der Waals surface area (Å²) in [5.41, 5.74) is 0. The fraction of sp³-hybridized carbons (Fsp3) is 0.364. The number of halogens is 1. The number of carbonyl (C=O) groups is 1. The minimum Gasteiger partial charge on any atom is -0.352 e. The minimum absolute atomic E-state index is 0.158. The fourth-order valence-corrected chi connectivity index (χ4v) is 3.70. The molecule has 0 atom stereocenters. The van der Waals surface area contributed by atoms with E-state index in [1.807, 2.05) is 0 Å². The number of benzene rings is 1. The lowest BCUT2D eigenvalue weighted by Gasteiger charge is -2.06. The summed E-state index contributed by atoms with van der Waals surface area (Å²) in [7, 11) is -3.57. The quantitative estimate of drug-likeness (QED) is 0.915. The van der Waals surface area contributed by atoms with Crippen LogP contribution in [0.3, 0.4) is 0 Å². The molecule has 1 aromatic rings. The maximum absolute atomic E-state index is 12.0. The molecule has 1 amide bonds. The van der Waals surface area contributed by atoms with Gasteiger partial charge in [0.05, 0.1) is 4.90 Å². The average molecular weight is 318 g/mol. The number of hydrogen-bond donors (Lipinski definition) is 1. The summed E-state index contributed by atoms with van der Waals surface area (Å²) in [6, 6.07) is 6.68. The smallest absolute Gasteiger partial charge is 0.235 e. The predicted octanol–water partition coefficient (Wildman–Crippen LogP) is 1.50. The molecule has 1 aliphatic carbocycles. The summed E-state index contributed by atoms with van der Waals surface area (Å²) in [5.74, 6) is -0.921. The molecule has 2 rings (SSSR count). The lowest BCUT2D eigenvalue weighted by atomic mass is 10.4. The third kappa shape index (κ3) is 3.29. The van der Waals surface area contributed by atoms with Gasteiger partial charge in [0.25, 0.3) is 0 Å². The highest BCUT2D eigenvalue weighted by atomic mass is 79.9. The largest absolute Gasteiger partial charge is 0.352 e. The molecular weight excluding hydrogens is 306 g/mol. The zero-order valence-corrected chi connectivity index (χ0v) is 11.4. The highest BCUT2D eigenvalue weighted by Gasteiger charge is 2.27. The number of rotatable bonds is 4. The Morgan fingerprint density at radius 3 is 2.59 bits per heavy atom. The topological polar surface area (TPSA) is 63.2 Å². The Morgan fingerprint density at radius 1 is 1.35 bits per heavy atom. The lowest BCUT2D eigenvalue weighted by Crippen LogP contribution is -2.31. The van der Waals surface area contributed by atoms with Crippen molar-refractivity contribution < 1.29 is 13.2 Å². The van der Waals surface area contributed by atoms with Crippen molar-refractivity contribution in [3.63, 3.8) is 0 Å². The molecule has 0 aliphatic heterocycles. The second kappa shape index (κ2) is 4.78. The monoisotopic (exact) mass is 317 g/mol. The van der Waals surface area contributed by atoms with Crippen LogP contribution < -0.4 is 5.32 Å². The van der Waals surface area contributed by atoms with Crippen molar-refractivity contribution in [1.82, 2.24) is 5.32 Å². The molecule has 0 aromatic heterocycles. The van der Waals surface area contributed by atoms with Crippen LogP contribution in [0.2, 0.25) is 0 Å². The standard InChI is InChI=1S/C11H12BrNO3S/c12-9-3-1-2-4-10(9)17(15,16)7-11(14)13-8-5-6-8/h1-4,8H,5-7H2,(H,13,14). The van der Waals surface area contributed by atoms with Gasteiger partial charge in [-0.1, -0.05) is 12.1 Å². The van der Waals surface area contributed by atoms with Crippen LogP contribution in [0, 0.1) is 0 Å². The van der Waals surface area contributed by atoms with Gasteiger partial charge in [-0.25, -0.2) is 8.42 Å². The number of hydrogen-bond acceptors (Lipinski definition) is 3. The van der Waals surface area contributed by atoms with E-state index in [-0.39, 0.29) is 10.9 Å². The van der Waals surface area contributed by atoms with E-state index in [0.29, 0.717) is 4.47 Å². The van der Waals surface area contributed by atoms with Crippen LogP contribution in [0.25, 0.3) is 0 Å². The van der Waals surface area contributed by atoms with Gasteiger partial charge in [-0.2, -0.15) is 0 Å². The molecule has 4 nitrogen and oxygen atoms in total. The van der Waals surface area contributed by atoms with E-state index in [2.05, 4.69) is 21.2 Å². The highest BCUT2D eigenvalue weighted by molar-refractivity contribution is 9.10. The normalized spacial score (nSPS) is 15.6. The van der Waals surface area contributed by atoms with Gasteiger partial charge in [-0.05, 0) is 40.9 Å². The Kier molecular flexibility index (Phi) is 3.53. The second-order valence-electron chi connectivity index (χ2n) is 4.03. The van der Waals surface area contributed by atoms with Gasteiger partial charge in [0, 0.05) is 10.5 Å². The first-order valence-electron chi connectivity index (χ1n) is 5.26. The summed E-state index contributed by atoms with van der Waals surface area (Å²) >= 11 is 3.17. The van der Waals surface area contributed by atoms with E-state index < -0.39 is 21.5 Å². The second-order valence-corrected chi connectivity index (χ2v) is 6.84. The number of carbonyl (C=O) groups excluding carboxylic acids is 1. The number of sulfone groups is 1. The predicted molar refractivity (Wildman–Crippen MR) is 67.4 cm³/mol. The molecule has 0 radical (unpaired) electrons. The van der Waals surface area contributed by atoms with Crippen molar-refractivity contribution in [3.05, 3.63) is 28.7 Å². The summed E-state index contributed by atoms with van der Waals surface area (Å²) in [4.78, 5) is 11.6. The van der Waals surface area contributed by atoms with Gasteiger partial charge >= 0.3 is 0 Å². The molecule has 0 spiro atoms. The van der Waals surface area contributed by atoms with E-state index in [9.17, 15) is 13.2 Å². The third-order valence-electron chi connectivity index (χ3n) is 2.44. The molecule has 6 heteroatoms. The molecule has 17 heavy (non-hydrogen) atoms.